The summed E-state index contributed by atoms with van der Waals surface area (Å²) in [5, 5.41) is 25.4. The number of hydrogen-bond acceptors (Lipinski definition) is 9. The first-order valence-corrected chi connectivity index (χ1v) is 15.1. The Labute approximate surface area is 270 Å². The van der Waals surface area contributed by atoms with Gasteiger partial charge in [-0.2, -0.15) is 0 Å². The van der Waals surface area contributed by atoms with E-state index in [-0.39, 0.29) is 25.3 Å². The van der Waals surface area contributed by atoms with Crippen LogP contribution in [0.15, 0.2) is 97.2 Å². The van der Waals surface area contributed by atoms with Crippen LogP contribution in [0.5, 0.6) is 11.5 Å². The standard InChI is InChI=1S/C35H32N4O8/c1-46-27-12-7-11-26(31(27)47-21-23-8-3-2-4-9-23)30-28-29(33(41)38(32(28)40)19-17-24-10-5-6-18-36-24)35(37-30,34(42)43)20-22-13-15-25(16-14-22)39(44)45/h2-16,18,28-30,37H,17,19-21H2,1H3,(H,42,43). The zero-order chi connectivity index (χ0) is 33.1. The second-order valence-corrected chi connectivity index (χ2v) is 11.6. The Bertz CT molecular complexity index is 1800. The van der Waals surface area contributed by atoms with Crippen LogP contribution in [0.4, 0.5) is 5.69 Å². The van der Waals surface area contributed by atoms with Gasteiger partial charge in [-0.25, -0.2) is 0 Å². The Kier molecular flexibility index (Phi) is 8.68. The molecule has 0 spiro atoms. The molecule has 0 saturated carbocycles. The van der Waals surface area contributed by atoms with Gasteiger partial charge in [0, 0.05) is 55.0 Å². The Hall–Kier alpha value is -5.62. The zero-order valence-electron chi connectivity index (χ0n) is 25.4. The van der Waals surface area contributed by atoms with Gasteiger partial charge in [0.25, 0.3) is 5.69 Å². The molecule has 2 aliphatic rings. The van der Waals surface area contributed by atoms with Crippen LogP contribution in [0.3, 0.4) is 0 Å². The van der Waals surface area contributed by atoms with Crippen LogP contribution in [0.25, 0.3) is 0 Å². The van der Waals surface area contributed by atoms with Gasteiger partial charge in [0.2, 0.25) is 11.8 Å². The van der Waals surface area contributed by atoms with Gasteiger partial charge in [-0.15, -0.1) is 0 Å². The summed E-state index contributed by atoms with van der Waals surface area (Å²) in [5.74, 6) is -4.11. The van der Waals surface area contributed by atoms with Crippen molar-refractivity contribution in [2.75, 3.05) is 13.7 Å². The number of nitro groups is 1. The zero-order valence-corrected chi connectivity index (χ0v) is 25.4. The number of ether oxygens (including phenoxy) is 2. The second kappa shape index (κ2) is 13.0. The number of carbonyl (C=O) groups excluding carboxylic acids is 2. The average molecular weight is 637 g/mol. The molecular weight excluding hydrogens is 604 g/mol. The first-order valence-electron chi connectivity index (χ1n) is 15.1. The minimum Gasteiger partial charge on any atom is -0.493 e. The molecule has 2 fully saturated rings. The molecule has 12 heteroatoms. The van der Waals surface area contributed by atoms with E-state index in [1.54, 1.807) is 36.5 Å². The van der Waals surface area contributed by atoms with Crippen molar-refractivity contribution in [3.05, 3.63) is 130 Å². The summed E-state index contributed by atoms with van der Waals surface area (Å²) >= 11 is 0. The van der Waals surface area contributed by atoms with Crippen molar-refractivity contribution in [2.45, 2.75) is 31.0 Å². The highest BCUT2D eigenvalue weighted by atomic mass is 16.6. The Morgan fingerprint density at radius 3 is 2.38 bits per heavy atom. The van der Waals surface area contributed by atoms with E-state index in [2.05, 4.69) is 10.3 Å². The van der Waals surface area contributed by atoms with Gasteiger partial charge in [0.15, 0.2) is 11.5 Å². The molecule has 3 aromatic carbocycles. The third-order valence-electron chi connectivity index (χ3n) is 8.87. The molecule has 47 heavy (non-hydrogen) atoms. The van der Waals surface area contributed by atoms with Gasteiger partial charge in [-0.3, -0.25) is 39.7 Å². The van der Waals surface area contributed by atoms with Crippen molar-refractivity contribution in [1.82, 2.24) is 15.2 Å². The maximum absolute atomic E-state index is 14.2. The number of pyridine rings is 1. The topological polar surface area (TPSA) is 161 Å². The fraction of sp³-hybridized carbons (Fsp3) is 0.257. The minimum atomic E-state index is -1.93. The summed E-state index contributed by atoms with van der Waals surface area (Å²) in [7, 11) is 1.49. The van der Waals surface area contributed by atoms with Gasteiger partial charge in [0.05, 0.1) is 23.9 Å². The van der Waals surface area contributed by atoms with Crippen LogP contribution < -0.4 is 14.8 Å². The highest BCUT2D eigenvalue weighted by Gasteiger charge is 2.68. The first-order chi connectivity index (χ1) is 22.7. The SMILES string of the molecule is COc1cccc(C2NC(Cc3ccc([N+](=O)[O-])cc3)(C(=O)O)C3C(=O)N(CCc4ccccn4)C(=O)C23)c1OCc1ccccc1. The average Bonchev–Trinajstić information content (AvgIpc) is 3.56. The number of carboxylic acid groups (broad SMARTS) is 1. The lowest BCUT2D eigenvalue weighted by molar-refractivity contribution is -0.384. The number of nitro benzene ring substituents is 1. The monoisotopic (exact) mass is 636 g/mol. The van der Waals surface area contributed by atoms with Crippen LogP contribution in [0.1, 0.15) is 28.4 Å². The number of benzene rings is 3. The fourth-order valence-electron chi connectivity index (χ4n) is 6.64. The molecule has 4 unspecified atom stereocenters. The number of nitrogens with one attached hydrogen (secondary N) is 1. The maximum atomic E-state index is 14.2. The number of imide groups is 1. The number of amides is 2. The fourth-order valence-corrected chi connectivity index (χ4v) is 6.64. The van der Waals surface area contributed by atoms with Crippen molar-refractivity contribution in [1.29, 1.82) is 0 Å². The molecule has 1 aromatic heterocycles. The molecule has 0 bridgehead atoms. The number of aliphatic carboxylic acids is 1. The van der Waals surface area contributed by atoms with E-state index < -0.39 is 46.1 Å². The van der Waals surface area contributed by atoms with Crippen LogP contribution >= 0.6 is 0 Å². The van der Waals surface area contributed by atoms with Crippen molar-refractivity contribution < 1.29 is 33.9 Å². The van der Waals surface area contributed by atoms with Crippen molar-refractivity contribution in [3.8, 4) is 11.5 Å². The number of fused-ring (bicyclic) bond motifs is 1. The maximum Gasteiger partial charge on any atom is 0.325 e. The van der Waals surface area contributed by atoms with Crippen LogP contribution in [0, 0.1) is 22.0 Å². The lowest BCUT2D eigenvalue weighted by atomic mass is 9.76. The van der Waals surface area contributed by atoms with Crippen molar-refractivity contribution in [3.63, 3.8) is 0 Å². The van der Waals surface area contributed by atoms with Gasteiger partial charge >= 0.3 is 5.97 Å². The number of aromatic nitrogens is 1. The number of carboxylic acids is 1. The van der Waals surface area contributed by atoms with Crippen LogP contribution in [-0.4, -0.2) is 56.9 Å². The molecule has 0 aliphatic carbocycles. The van der Waals surface area contributed by atoms with Gasteiger partial charge in [-0.1, -0.05) is 60.7 Å². The summed E-state index contributed by atoms with van der Waals surface area (Å²) in [6.45, 7) is 0.197. The highest BCUT2D eigenvalue weighted by molar-refractivity contribution is 6.09. The molecule has 2 N–H and O–H groups in total. The smallest absolute Gasteiger partial charge is 0.325 e. The molecule has 3 heterocycles. The molecule has 2 saturated heterocycles. The predicted molar refractivity (Wildman–Crippen MR) is 168 cm³/mol. The minimum absolute atomic E-state index is 0.0249. The molecule has 0 radical (unpaired) electrons. The number of non-ortho nitro benzene ring substituents is 1. The number of nitrogens with zero attached hydrogens (tertiary/aromatic N) is 3. The molecule has 4 atom stereocenters. The third-order valence-corrected chi connectivity index (χ3v) is 8.87. The third kappa shape index (κ3) is 5.90. The Morgan fingerprint density at radius 2 is 1.72 bits per heavy atom. The van der Waals surface area contributed by atoms with Crippen molar-refractivity contribution in [2.24, 2.45) is 11.8 Å². The van der Waals surface area contributed by atoms with E-state index in [9.17, 15) is 29.6 Å². The van der Waals surface area contributed by atoms with Gasteiger partial charge < -0.3 is 14.6 Å². The first kappa shape index (κ1) is 31.4. The van der Waals surface area contributed by atoms with Gasteiger partial charge in [0.1, 0.15) is 12.1 Å². The van der Waals surface area contributed by atoms with E-state index in [0.717, 1.165) is 10.5 Å². The van der Waals surface area contributed by atoms with Gasteiger partial charge in [-0.05, 0) is 29.3 Å². The summed E-state index contributed by atoms with van der Waals surface area (Å²) in [4.78, 5) is 58.0. The Balaban J connectivity index is 1.42. The van der Waals surface area contributed by atoms with Crippen LogP contribution in [-0.2, 0) is 33.8 Å². The molecule has 2 amide bonds. The lowest BCUT2D eigenvalue weighted by Crippen LogP contribution is -2.57. The summed E-state index contributed by atoms with van der Waals surface area (Å²) in [6.07, 6.45) is 1.70. The van der Waals surface area contributed by atoms with Crippen molar-refractivity contribution >= 4 is 23.5 Å². The Morgan fingerprint density at radius 1 is 0.979 bits per heavy atom. The largest absolute Gasteiger partial charge is 0.493 e. The molecule has 12 nitrogen and oxygen atoms in total. The number of rotatable bonds is 12. The van der Waals surface area contributed by atoms with E-state index in [4.69, 9.17) is 9.47 Å². The second-order valence-electron chi connectivity index (χ2n) is 11.6. The molecule has 2 aliphatic heterocycles. The predicted octanol–water partition coefficient (Wildman–Crippen LogP) is 4.13. The molecule has 4 aromatic rings. The van der Waals surface area contributed by atoms with E-state index in [0.29, 0.717) is 34.7 Å². The van der Waals surface area contributed by atoms with E-state index in [1.807, 2.05) is 36.4 Å². The van der Waals surface area contributed by atoms with E-state index in [1.165, 1.54) is 31.4 Å². The molecule has 6 rings (SSSR count). The van der Waals surface area contributed by atoms with Crippen LogP contribution in [0.2, 0.25) is 0 Å². The number of likely N-dealkylation sites (tertiary alicyclic amines) is 1. The normalized spacial score (nSPS) is 21.8. The number of para-hydroxylation sites is 1. The molecular formula is C35H32N4O8. The highest BCUT2D eigenvalue weighted by Crippen LogP contribution is 2.52. The number of methoxy groups -OCH3 is 1. The van der Waals surface area contributed by atoms with E-state index >= 15 is 0 Å². The molecule has 240 valence electrons. The summed E-state index contributed by atoms with van der Waals surface area (Å²) in [6, 6.07) is 24.5. The number of hydrogen-bond donors (Lipinski definition) is 2. The number of carbonyl (C=O) groups is 3. The lowest BCUT2D eigenvalue weighted by Gasteiger charge is -2.31. The summed E-state index contributed by atoms with van der Waals surface area (Å²) in [5.41, 5.74) is 0.389. The summed E-state index contributed by atoms with van der Waals surface area (Å²) < 4.78 is 11.9. The quantitative estimate of drug-likeness (QED) is 0.131.